The molecular weight excluding hydrogens is 176 g/mol. The van der Waals surface area contributed by atoms with Gasteiger partial charge in [-0.3, -0.25) is 0 Å². The molecule has 0 saturated carbocycles. The predicted octanol–water partition coefficient (Wildman–Crippen LogP) is 2.54. The number of nitrogens with two attached hydrogens (primary N) is 1. The fraction of sp³-hybridized carbons (Fsp3) is 0.182. The Morgan fingerprint density at radius 1 is 1.21 bits per heavy atom. The predicted molar refractivity (Wildman–Crippen MR) is 55.8 cm³/mol. The monoisotopic (exact) mass is 188 g/mol. The van der Waals surface area contributed by atoms with Crippen molar-refractivity contribution in [2.45, 2.75) is 13.8 Å². The average molecular weight is 188 g/mol. The molecule has 0 amide bonds. The summed E-state index contributed by atoms with van der Waals surface area (Å²) in [5.74, 6) is 1.22. The van der Waals surface area contributed by atoms with Crippen LogP contribution in [0, 0.1) is 13.8 Å². The normalized spacial score (nSPS) is 10.4. The topological polar surface area (TPSA) is 52.0 Å². The van der Waals surface area contributed by atoms with Crippen LogP contribution in [0.4, 0.5) is 5.82 Å². The van der Waals surface area contributed by atoms with Crippen molar-refractivity contribution in [3.63, 3.8) is 0 Å². The summed E-state index contributed by atoms with van der Waals surface area (Å²) >= 11 is 0. The van der Waals surface area contributed by atoms with E-state index in [1.54, 1.807) is 0 Å². The smallest absolute Gasteiger partial charge is 0.175 e. The minimum absolute atomic E-state index is 0.455. The number of hydrogen-bond acceptors (Lipinski definition) is 3. The quantitative estimate of drug-likeness (QED) is 0.748. The molecule has 3 nitrogen and oxygen atoms in total. The van der Waals surface area contributed by atoms with Crippen LogP contribution < -0.4 is 5.73 Å². The highest BCUT2D eigenvalue weighted by molar-refractivity contribution is 5.77. The van der Waals surface area contributed by atoms with Gasteiger partial charge < -0.3 is 10.3 Å². The lowest BCUT2D eigenvalue weighted by Gasteiger charge is -2.03. The van der Waals surface area contributed by atoms with Crippen LogP contribution in [0.1, 0.15) is 11.3 Å². The minimum atomic E-state index is 0.455. The standard InChI is InChI=1S/C11H12N2O/c1-7-5-3-4-6-9(7)10-8(2)14-13-11(10)12/h3-6H,1-2H3,(H2,12,13). The maximum Gasteiger partial charge on any atom is 0.175 e. The van der Waals surface area contributed by atoms with Crippen molar-refractivity contribution in [2.75, 3.05) is 5.73 Å². The van der Waals surface area contributed by atoms with Crippen LogP contribution in [0.5, 0.6) is 0 Å². The molecule has 0 aliphatic rings. The number of hydrogen-bond donors (Lipinski definition) is 1. The van der Waals surface area contributed by atoms with Gasteiger partial charge in [0, 0.05) is 0 Å². The Bertz CT molecular complexity index is 441. The second kappa shape index (κ2) is 3.18. The Morgan fingerprint density at radius 2 is 1.93 bits per heavy atom. The van der Waals surface area contributed by atoms with E-state index in [4.69, 9.17) is 10.3 Å². The summed E-state index contributed by atoms with van der Waals surface area (Å²) in [6.45, 7) is 3.91. The molecule has 0 spiro atoms. The third kappa shape index (κ3) is 1.27. The molecule has 2 N–H and O–H groups in total. The molecule has 0 bridgehead atoms. The van der Waals surface area contributed by atoms with Gasteiger partial charge in [-0.2, -0.15) is 0 Å². The van der Waals surface area contributed by atoms with E-state index in [1.165, 1.54) is 5.56 Å². The van der Waals surface area contributed by atoms with Crippen molar-refractivity contribution >= 4 is 5.82 Å². The summed E-state index contributed by atoms with van der Waals surface area (Å²) < 4.78 is 5.03. The molecule has 0 aliphatic heterocycles. The van der Waals surface area contributed by atoms with Crippen LogP contribution in [-0.4, -0.2) is 5.16 Å². The average Bonchev–Trinajstić information content (AvgIpc) is 2.48. The van der Waals surface area contributed by atoms with Crippen molar-refractivity contribution in [3.8, 4) is 11.1 Å². The maximum atomic E-state index is 5.74. The summed E-state index contributed by atoms with van der Waals surface area (Å²) in [4.78, 5) is 0. The van der Waals surface area contributed by atoms with Crippen LogP contribution in [0.25, 0.3) is 11.1 Å². The molecule has 0 fully saturated rings. The van der Waals surface area contributed by atoms with E-state index >= 15 is 0 Å². The van der Waals surface area contributed by atoms with Gasteiger partial charge in [0.05, 0.1) is 5.56 Å². The van der Waals surface area contributed by atoms with Crippen LogP contribution in [0.15, 0.2) is 28.8 Å². The first-order valence-electron chi connectivity index (χ1n) is 4.48. The van der Waals surface area contributed by atoms with Crippen LogP contribution in [-0.2, 0) is 0 Å². The molecule has 1 aromatic heterocycles. The third-order valence-electron chi connectivity index (χ3n) is 2.30. The molecule has 14 heavy (non-hydrogen) atoms. The SMILES string of the molecule is Cc1ccccc1-c1c(N)noc1C. The van der Waals surface area contributed by atoms with E-state index in [0.29, 0.717) is 5.82 Å². The molecule has 72 valence electrons. The number of anilines is 1. The fourth-order valence-corrected chi connectivity index (χ4v) is 1.57. The number of nitrogen functional groups attached to an aromatic ring is 1. The van der Waals surface area contributed by atoms with E-state index in [2.05, 4.69) is 5.16 Å². The Hall–Kier alpha value is -1.77. The van der Waals surface area contributed by atoms with Crippen LogP contribution in [0.3, 0.4) is 0 Å². The number of nitrogens with zero attached hydrogens (tertiary/aromatic N) is 1. The Kier molecular flexibility index (Phi) is 2.00. The van der Waals surface area contributed by atoms with Gasteiger partial charge in [-0.1, -0.05) is 29.4 Å². The van der Waals surface area contributed by atoms with Gasteiger partial charge in [0.25, 0.3) is 0 Å². The summed E-state index contributed by atoms with van der Waals surface area (Å²) in [5, 5.41) is 3.74. The Balaban J connectivity index is 2.66. The van der Waals surface area contributed by atoms with Crippen molar-refractivity contribution in [1.82, 2.24) is 5.16 Å². The second-order valence-electron chi connectivity index (χ2n) is 3.31. The molecule has 2 rings (SSSR count). The van der Waals surface area contributed by atoms with Gasteiger partial charge in [0.1, 0.15) is 5.76 Å². The Labute approximate surface area is 82.5 Å². The summed E-state index contributed by atoms with van der Waals surface area (Å²) in [7, 11) is 0. The van der Waals surface area contributed by atoms with Gasteiger partial charge in [-0.25, -0.2) is 0 Å². The van der Waals surface area contributed by atoms with E-state index < -0.39 is 0 Å². The lowest BCUT2D eigenvalue weighted by Crippen LogP contribution is -1.90. The third-order valence-corrected chi connectivity index (χ3v) is 2.30. The largest absolute Gasteiger partial charge is 0.380 e. The molecule has 1 heterocycles. The van der Waals surface area contributed by atoms with E-state index in [0.717, 1.165) is 16.9 Å². The molecule has 0 unspecified atom stereocenters. The molecular formula is C11H12N2O. The first-order valence-corrected chi connectivity index (χ1v) is 4.48. The van der Waals surface area contributed by atoms with Crippen molar-refractivity contribution in [2.24, 2.45) is 0 Å². The zero-order chi connectivity index (χ0) is 10.1. The number of aryl methyl sites for hydroxylation is 2. The highest BCUT2D eigenvalue weighted by Gasteiger charge is 2.13. The van der Waals surface area contributed by atoms with Gasteiger partial charge >= 0.3 is 0 Å². The maximum absolute atomic E-state index is 5.74. The molecule has 0 aliphatic carbocycles. The van der Waals surface area contributed by atoms with Crippen LogP contribution in [0.2, 0.25) is 0 Å². The van der Waals surface area contributed by atoms with Crippen molar-refractivity contribution < 1.29 is 4.52 Å². The molecule has 0 saturated heterocycles. The van der Waals surface area contributed by atoms with E-state index in [-0.39, 0.29) is 0 Å². The zero-order valence-corrected chi connectivity index (χ0v) is 8.24. The minimum Gasteiger partial charge on any atom is -0.380 e. The lowest BCUT2D eigenvalue weighted by atomic mass is 10.0. The highest BCUT2D eigenvalue weighted by Crippen LogP contribution is 2.30. The van der Waals surface area contributed by atoms with E-state index in [9.17, 15) is 0 Å². The van der Waals surface area contributed by atoms with Crippen LogP contribution >= 0.6 is 0 Å². The zero-order valence-electron chi connectivity index (χ0n) is 8.24. The van der Waals surface area contributed by atoms with Gasteiger partial charge in [0.2, 0.25) is 0 Å². The molecule has 2 aromatic rings. The fourth-order valence-electron chi connectivity index (χ4n) is 1.57. The van der Waals surface area contributed by atoms with E-state index in [1.807, 2.05) is 38.1 Å². The molecule has 0 radical (unpaired) electrons. The number of rotatable bonds is 1. The number of aromatic nitrogens is 1. The summed E-state index contributed by atoms with van der Waals surface area (Å²) in [6.07, 6.45) is 0. The number of benzene rings is 1. The molecule has 1 aromatic carbocycles. The Morgan fingerprint density at radius 3 is 2.50 bits per heavy atom. The summed E-state index contributed by atoms with van der Waals surface area (Å²) in [5.41, 5.74) is 8.90. The first-order chi connectivity index (χ1) is 6.70. The highest BCUT2D eigenvalue weighted by atomic mass is 16.5. The first kappa shape index (κ1) is 8.81. The second-order valence-corrected chi connectivity index (χ2v) is 3.31. The lowest BCUT2D eigenvalue weighted by molar-refractivity contribution is 0.401. The van der Waals surface area contributed by atoms with Crippen molar-refractivity contribution in [1.29, 1.82) is 0 Å². The summed E-state index contributed by atoms with van der Waals surface area (Å²) in [6, 6.07) is 8.04. The van der Waals surface area contributed by atoms with Gasteiger partial charge in [-0.15, -0.1) is 0 Å². The molecule has 0 atom stereocenters. The molecule has 3 heteroatoms. The van der Waals surface area contributed by atoms with Crippen molar-refractivity contribution in [3.05, 3.63) is 35.6 Å². The van der Waals surface area contributed by atoms with Gasteiger partial charge in [0.15, 0.2) is 5.82 Å². The van der Waals surface area contributed by atoms with Gasteiger partial charge in [-0.05, 0) is 25.0 Å².